The van der Waals surface area contributed by atoms with Gasteiger partial charge < -0.3 is 5.11 Å². The van der Waals surface area contributed by atoms with E-state index in [1.807, 2.05) is 0 Å². The maximum atomic E-state index is 11.8. The molecule has 0 radical (unpaired) electrons. The lowest BCUT2D eigenvalue weighted by Crippen LogP contribution is -1.87. The van der Waals surface area contributed by atoms with E-state index in [4.69, 9.17) is 5.11 Å². The first-order valence-electron chi connectivity index (χ1n) is 2.81. The first-order chi connectivity index (χ1) is 4.70. The van der Waals surface area contributed by atoms with E-state index in [-0.39, 0.29) is 17.8 Å². The Morgan fingerprint density at radius 2 is 2.10 bits per heavy atom. The van der Waals surface area contributed by atoms with E-state index in [1.54, 1.807) is 0 Å². The number of rotatable bonds is 0. The number of aliphatic hydroxyl groups is 1. The van der Waals surface area contributed by atoms with E-state index < -0.39 is 6.08 Å². The molecule has 1 N–H and O–H groups in total. The van der Waals surface area contributed by atoms with Crippen LogP contribution in [-0.4, -0.2) is 5.11 Å². The van der Waals surface area contributed by atoms with Crippen LogP contribution in [0.15, 0.2) is 35.6 Å². The van der Waals surface area contributed by atoms with Gasteiger partial charge in [-0.15, -0.1) is 0 Å². The third-order valence-electron chi connectivity index (χ3n) is 1.23. The highest BCUT2D eigenvalue weighted by molar-refractivity contribution is 5.32. The maximum absolute atomic E-state index is 11.8. The molecule has 3 heteroatoms. The summed E-state index contributed by atoms with van der Waals surface area (Å²) < 4.78 is 23.5. The van der Waals surface area contributed by atoms with Gasteiger partial charge in [0, 0.05) is 5.57 Å². The summed E-state index contributed by atoms with van der Waals surface area (Å²) in [6.45, 7) is 0. The highest BCUT2D eigenvalue weighted by Crippen LogP contribution is 2.18. The van der Waals surface area contributed by atoms with E-state index in [0.717, 1.165) is 0 Å². The highest BCUT2D eigenvalue weighted by Gasteiger charge is 2.04. The Morgan fingerprint density at radius 3 is 2.50 bits per heavy atom. The largest absolute Gasteiger partial charge is 0.508 e. The second-order valence-corrected chi connectivity index (χ2v) is 1.95. The Labute approximate surface area is 57.0 Å². The summed E-state index contributed by atoms with van der Waals surface area (Å²) in [6, 6.07) is 0. The summed E-state index contributed by atoms with van der Waals surface area (Å²) in [5, 5.41) is 8.72. The van der Waals surface area contributed by atoms with Gasteiger partial charge in [0.25, 0.3) is 6.08 Å². The summed E-state index contributed by atoms with van der Waals surface area (Å²) >= 11 is 0. The lowest BCUT2D eigenvalue weighted by Gasteiger charge is -2.01. The standard InChI is InChI=1S/C7H6F2O/c8-7(9)5-1-3-6(10)4-2-5/h1,3-4,10H,2H2. The second-order valence-electron chi connectivity index (χ2n) is 1.95. The molecule has 1 rings (SSSR count). The number of hydrogen-bond donors (Lipinski definition) is 1. The monoisotopic (exact) mass is 144 g/mol. The number of hydrogen-bond acceptors (Lipinski definition) is 1. The molecule has 0 aromatic rings. The van der Waals surface area contributed by atoms with Gasteiger partial charge in [0.15, 0.2) is 0 Å². The van der Waals surface area contributed by atoms with Crippen molar-refractivity contribution in [3.63, 3.8) is 0 Å². The van der Waals surface area contributed by atoms with Gasteiger partial charge in [-0.3, -0.25) is 0 Å². The van der Waals surface area contributed by atoms with E-state index in [1.165, 1.54) is 18.2 Å². The van der Waals surface area contributed by atoms with Crippen molar-refractivity contribution in [3.05, 3.63) is 35.6 Å². The molecule has 0 aromatic heterocycles. The van der Waals surface area contributed by atoms with Crippen molar-refractivity contribution in [2.24, 2.45) is 0 Å². The second kappa shape index (κ2) is 2.64. The summed E-state index contributed by atoms with van der Waals surface area (Å²) in [6.07, 6.45) is 2.24. The Morgan fingerprint density at radius 1 is 1.40 bits per heavy atom. The SMILES string of the molecule is OC1=CCC(=C(F)F)C=C1. The molecule has 0 amide bonds. The van der Waals surface area contributed by atoms with Crippen molar-refractivity contribution < 1.29 is 13.9 Å². The molecule has 0 aromatic carbocycles. The fourth-order valence-corrected chi connectivity index (χ4v) is 0.677. The molecule has 0 spiro atoms. The van der Waals surface area contributed by atoms with Gasteiger partial charge in [0.1, 0.15) is 5.76 Å². The van der Waals surface area contributed by atoms with Crippen LogP contribution in [0.4, 0.5) is 8.78 Å². The predicted molar refractivity (Wildman–Crippen MR) is 33.7 cm³/mol. The molecule has 0 bridgehead atoms. The van der Waals surface area contributed by atoms with Crippen LogP contribution in [0.1, 0.15) is 6.42 Å². The van der Waals surface area contributed by atoms with Gasteiger partial charge >= 0.3 is 0 Å². The van der Waals surface area contributed by atoms with Crippen LogP contribution in [0.2, 0.25) is 0 Å². The van der Waals surface area contributed by atoms with Crippen molar-refractivity contribution in [3.8, 4) is 0 Å². The van der Waals surface area contributed by atoms with Gasteiger partial charge in [-0.25, -0.2) is 0 Å². The summed E-state index contributed by atoms with van der Waals surface area (Å²) in [4.78, 5) is 0. The molecular weight excluding hydrogens is 138 g/mol. The molecule has 54 valence electrons. The Kier molecular flexibility index (Phi) is 1.85. The van der Waals surface area contributed by atoms with Crippen molar-refractivity contribution in [2.75, 3.05) is 0 Å². The topological polar surface area (TPSA) is 20.2 Å². The number of allylic oxidation sites excluding steroid dienone is 4. The molecule has 0 atom stereocenters. The zero-order chi connectivity index (χ0) is 7.56. The van der Waals surface area contributed by atoms with Crippen LogP contribution in [0.3, 0.4) is 0 Å². The maximum Gasteiger partial charge on any atom is 0.273 e. The number of halogens is 2. The normalized spacial score (nSPS) is 17.0. The van der Waals surface area contributed by atoms with Gasteiger partial charge in [-0.05, 0) is 24.6 Å². The molecule has 0 aliphatic heterocycles. The van der Waals surface area contributed by atoms with Crippen molar-refractivity contribution in [1.82, 2.24) is 0 Å². The fourth-order valence-electron chi connectivity index (χ4n) is 0.677. The van der Waals surface area contributed by atoms with Crippen LogP contribution in [0, 0.1) is 0 Å². The Hall–Kier alpha value is -1.12. The average molecular weight is 144 g/mol. The van der Waals surface area contributed by atoms with Crippen molar-refractivity contribution in [2.45, 2.75) is 6.42 Å². The zero-order valence-electron chi connectivity index (χ0n) is 5.14. The number of aliphatic hydroxyl groups excluding tert-OH is 1. The molecule has 1 aliphatic carbocycles. The molecule has 0 unspecified atom stereocenters. The van der Waals surface area contributed by atoms with Crippen LogP contribution in [0.25, 0.3) is 0 Å². The summed E-state index contributed by atoms with van der Waals surface area (Å²) in [5.41, 5.74) is -0.0298. The lowest BCUT2D eigenvalue weighted by atomic mass is 10.1. The zero-order valence-corrected chi connectivity index (χ0v) is 5.14. The predicted octanol–water partition coefficient (Wildman–Crippen LogP) is 2.54. The van der Waals surface area contributed by atoms with Gasteiger partial charge in [-0.2, -0.15) is 8.78 Å². The minimum absolute atomic E-state index is 0.0298. The lowest BCUT2D eigenvalue weighted by molar-refractivity contribution is 0.408. The molecule has 1 aliphatic rings. The van der Waals surface area contributed by atoms with E-state index in [2.05, 4.69) is 0 Å². The molecule has 0 fully saturated rings. The van der Waals surface area contributed by atoms with E-state index >= 15 is 0 Å². The molecule has 0 heterocycles. The first-order valence-corrected chi connectivity index (χ1v) is 2.81. The van der Waals surface area contributed by atoms with Crippen LogP contribution < -0.4 is 0 Å². The molecule has 10 heavy (non-hydrogen) atoms. The van der Waals surface area contributed by atoms with Crippen LogP contribution >= 0.6 is 0 Å². The van der Waals surface area contributed by atoms with Crippen molar-refractivity contribution in [1.29, 1.82) is 0 Å². The van der Waals surface area contributed by atoms with Gasteiger partial charge in [0.05, 0.1) is 0 Å². The molecule has 0 saturated heterocycles. The molecular formula is C7H6F2O. The average Bonchev–Trinajstić information content (AvgIpc) is 1.88. The van der Waals surface area contributed by atoms with E-state index in [0.29, 0.717) is 0 Å². The van der Waals surface area contributed by atoms with Crippen LogP contribution in [-0.2, 0) is 0 Å². The minimum atomic E-state index is -1.68. The highest BCUT2D eigenvalue weighted by atomic mass is 19.3. The molecule has 1 nitrogen and oxygen atoms in total. The first kappa shape index (κ1) is 6.99. The van der Waals surface area contributed by atoms with Crippen molar-refractivity contribution >= 4 is 0 Å². The summed E-state index contributed by atoms with van der Waals surface area (Å²) in [7, 11) is 0. The van der Waals surface area contributed by atoms with Gasteiger partial charge in [0.2, 0.25) is 0 Å². The fraction of sp³-hybridized carbons (Fsp3) is 0.143. The quantitative estimate of drug-likeness (QED) is 0.553. The Balaban J connectivity index is 2.79. The van der Waals surface area contributed by atoms with Crippen LogP contribution in [0.5, 0.6) is 0 Å². The van der Waals surface area contributed by atoms with Gasteiger partial charge in [-0.1, -0.05) is 0 Å². The Bertz CT molecular complexity index is 222. The summed E-state index contributed by atoms with van der Waals surface area (Å²) in [5.74, 6) is 0.0463. The third kappa shape index (κ3) is 1.43. The molecule has 0 saturated carbocycles. The smallest absolute Gasteiger partial charge is 0.273 e. The van der Waals surface area contributed by atoms with E-state index in [9.17, 15) is 8.78 Å². The minimum Gasteiger partial charge on any atom is -0.508 e. The third-order valence-corrected chi connectivity index (χ3v) is 1.23.